The molecular formula is C19H25N5O4S. The predicted octanol–water partition coefficient (Wildman–Crippen LogP) is 1.29. The number of carbonyl (C=O) groups is 1. The van der Waals surface area contributed by atoms with Gasteiger partial charge in [-0.05, 0) is 29.3 Å². The maximum atomic E-state index is 12.2. The summed E-state index contributed by atoms with van der Waals surface area (Å²) < 4.78 is 30.7. The number of ether oxygens (including phenoxy) is 1. The standard InChI is InChI=1S/C19H25N5O4S/c1-29(26,27)23-17-5-3-2-4-16(17)14-22-19(25)21-13-15-6-7-20-18(12-15)24-8-10-28-11-9-24/h2-7,12,23H,8-11,13-14H2,1H3,(H2,21,22,25). The summed E-state index contributed by atoms with van der Waals surface area (Å²) in [5, 5.41) is 5.55. The highest BCUT2D eigenvalue weighted by molar-refractivity contribution is 7.92. The van der Waals surface area contributed by atoms with Gasteiger partial charge in [-0.15, -0.1) is 0 Å². The largest absolute Gasteiger partial charge is 0.378 e. The Hall–Kier alpha value is -2.85. The average molecular weight is 420 g/mol. The number of morpholine rings is 1. The first-order valence-electron chi connectivity index (χ1n) is 9.26. The van der Waals surface area contributed by atoms with Gasteiger partial charge < -0.3 is 20.3 Å². The third-order valence-corrected chi connectivity index (χ3v) is 4.94. The van der Waals surface area contributed by atoms with Gasteiger partial charge in [0.05, 0.1) is 25.2 Å². The summed E-state index contributed by atoms with van der Waals surface area (Å²) in [4.78, 5) is 18.7. The Morgan fingerprint density at radius 1 is 1.14 bits per heavy atom. The van der Waals surface area contributed by atoms with Crippen molar-refractivity contribution in [2.24, 2.45) is 0 Å². The third-order valence-electron chi connectivity index (χ3n) is 4.35. The normalized spacial score (nSPS) is 14.3. The van der Waals surface area contributed by atoms with E-state index in [9.17, 15) is 13.2 Å². The molecule has 2 amide bonds. The summed E-state index contributed by atoms with van der Waals surface area (Å²) in [7, 11) is -3.39. The van der Waals surface area contributed by atoms with Gasteiger partial charge in [0.2, 0.25) is 10.0 Å². The van der Waals surface area contributed by atoms with Crippen molar-refractivity contribution in [3.63, 3.8) is 0 Å². The van der Waals surface area contributed by atoms with Crippen molar-refractivity contribution in [3.8, 4) is 0 Å². The van der Waals surface area contributed by atoms with E-state index in [4.69, 9.17) is 4.74 Å². The zero-order valence-corrected chi connectivity index (χ0v) is 17.0. The molecule has 1 saturated heterocycles. The maximum absolute atomic E-state index is 12.2. The van der Waals surface area contributed by atoms with Crippen molar-refractivity contribution in [2.45, 2.75) is 13.1 Å². The fourth-order valence-electron chi connectivity index (χ4n) is 2.93. The first kappa shape index (κ1) is 20.9. The number of aromatic nitrogens is 1. The number of nitrogens with zero attached hydrogens (tertiary/aromatic N) is 2. The molecule has 0 bridgehead atoms. The number of anilines is 2. The van der Waals surface area contributed by atoms with Crippen LogP contribution in [-0.2, 0) is 27.8 Å². The minimum atomic E-state index is -3.39. The summed E-state index contributed by atoms with van der Waals surface area (Å²) in [6.45, 7) is 3.51. The van der Waals surface area contributed by atoms with E-state index >= 15 is 0 Å². The molecule has 1 aromatic heterocycles. The van der Waals surface area contributed by atoms with Crippen LogP contribution in [0.2, 0.25) is 0 Å². The van der Waals surface area contributed by atoms with E-state index < -0.39 is 10.0 Å². The second-order valence-corrected chi connectivity index (χ2v) is 8.44. The van der Waals surface area contributed by atoms with E-state index in [1.807, 2.05) is 12.1 Å². The lowest BCUT2D eigenvalue weighted by molar-refractivity contribution is 0.122. The van der Waals surface area contributed by atoms with Crippen LogP contribution in [-0.4, -0.2) is 52.0 Å². The molecule has 1 aliphatic heterocycles. The minimum absolute atomic E-state index is 0.194. The van der Waals surface area contributed by atoms with Crippen molar-refractivity contribution in [1.29, 1.82) is 0 Å². The van der Waals surface area contributed by atoms with Crippen LogP contribution in [0.5, 0.6) is 0 Å². The molecule has 0 spiro atoms. The topological polar surface area (TPSA) is 113 Å². The number of hydrogen-bond donors (Lipinski definition) is 3. The molecule has 0 aliphatic carbocycles. The summed E-state index contributed by atoms with van der Waals surface area (Å²) >= 11 is 0. The molecule has 0 saturated carbocycles. The van der Waals surface area contributed by atoms with Gasteiger partial charge >= 0.3 is 6.03 Å². The highest BCUT2D eigenvalue weighted by Crippen LogP contribution is 2.16. The van der Waals surface area contributed by atoms with Crippen LogP contribution in [0.15, 0.2) is 42.6 Å². The number of sulfonamides is 1. The maximum Gasteiger partial charge on any atom is 0.315 e. The monoisotopic (exact) mass is 419 g/mol. The molecule has 2 heterocycles. The van der Waals surface area contributed by atoms with Gasteiger partial charge in [0.25, 0.3) is 0 Å². The fraction of sp³-hybridized carbons (Fsp3) is 0.368. The number of urea groups is 1. The predicted molar refractivity (Wildman–Crippen MR) is 111 cm³/mol. The van der Waals surface area contributed by atoms with Crippen LogP contribution < -0.4 is 20.3 Å². The van der Waals surface area contributed by atoms with Crippen molar-refractivity contribution in [2.75, 3.05) is 42.2 Å². The molecule has 1 aliphatic rings. The number of hydrogen-bond acceptors (Lipinski definition) is 6. The van der Waals surface area contributed by atoms with Gasteiger partial charge in [-0.3, -0.25) is 4.72 Å². The van der Waals surface area contributed by atoms with Crippen LogP contribution in [0.1, 0.15) is 11.1 Å². The van der Waals surface area contributed by atoms with E-state index in [-0.39, 0.29) is 12.6 Å². The van der Waals surface area contributed by atoms with Crippen molar-refractivity contribution in [3.05, 3.63) is 53.7 Å². The average Bonchev–Trinajstić information content (AvgIpc) is 2.71. The lowest BCUT2D eigenvalue weighted by Crippen LogP contribution is -2.37. The van der Waals surface area contributed by atoms with Crippen LogP contribution in [0.4, 0.5) is 16.3 Å². The van der Waals surface area contributed by atoms with E-state index in [1.165, 1.54) is 0 Å². The molecule has 156 valence electrons. The SMILES string of the molecule is CS(=O)(=O)Nc1ccccc1CNC(=O)NCc1ccnc(N2CCOCC2)c1. The molecule has 0 unspecified atom stereocenters. The third kappa shape index (κ3) is 6.61. The quantitative estimate of drug-likeness (QED) is 0.623. The lowest BCUT2D eigenvalue weighted by Gasteiger charge is -2.28. The van der Waals surface area contributed by atoms with Crippen LogP contribution in [0.3, 0.4) is 0 Å². The van der Waals surface area contributed by atoms with Gasteiger partial charge in [0, 0.05) is 32.4 Å². The number of benzene rings is 1. The number of nitrogens with one attached hydrogen (secondary N) is 3. The summed E-state index contributed by atoms with van der Waals surface area (Å²) in [5.41, 5.74) is 2.06. The Kier molecular flexibility index (Phi) is 6.89. The van der Waals surface area contributed by atoms with Crippen molar-refractivity contribution in [1.82, 2.24) is 15.6 Å². The van der Waals surface area contributed by atoms with Crippen LogP contribution in [0.25, 0.3) is 0 Å². The molecular weight excluding hydrogens is 394 g/mol. The highest BCUT2D eigenvalue weighted by Gasteiger charge is 2.13. The van der Waals surface area contributed by atoms with Gasteiger partial charge in [0.15, 0.2) is 0 Å². The molecule has 3 N–H and O–H groups in total. The van der Waals surface area contributed by atoms with Crippen LogP contribution >= 0.6 is 0 Å². The van der Waals surface area contributed by atoms with Gasteiger partial charge in [-0.25, -0.2) is 18.2 Å². The molecule has 0 atom stereocenters. The van der Waals surface area contributed by atoms with Crippen molar-refractivity contribution >= 4 is 27.6 Å². The van der Waals surface area contributed by atoms with E-state index in [2.05, 4.69) is 25.2 Å². The Labute approximate surface area is 170 Å². The van der Waals surface area contributed by atoms with Gasteiger partial charge in [-0.1, -0.05) is 18.2 Å². The van der Waals surface area contributed by atoms with Gasteiger partial charge in [-0.2, -0.15) is 0 Å². The Bertz CT molecular complexity index is 945. The second kappa shape index (κ2) is 9.57. The van der Waals surface area contributed by atoms with E-state index in [0.717, 1.165) is 30.7 Å². The lowest BCUT2D eigenvalue weighted by atomic mass is 10.2. The van der Waals surface area contributed by atoms with E-state index in [1.54, 1.807) is 30.5 Å². The number of rotatable bonds is 7. The highest BCUT2D eigenvalue weighted by atomic mass is 32.2. The molecule has 10 heteroatoms. The Morgan fingerprint density at radius 2 is 1.86 bits per heavy atom. The fourth-order valence-corrected chi connectivity index (χ4v) is 3.53. The summed E-state index contributed by atoms with van der Waals surface area (Å²) in [5.74, 6) is 0.869. The van der Waals surface area contributed by atoms with E-state index in [0.29, 0.717) is 31.0 Å². The van der Waals surface area contributed by atoms with Crippen LogP contribution in [0, 0.1) is 0 Å². The Balaban J connectivity index is 1.52. The number of amides is 2. The second-order valence-electron chi connectivity index (χ2n) is 6.69. The number of carbonyl (C=O) groups excluding carboxylic acids is 1. The molecule has 1 aromatic carbocycles. The summed E-state index contributed by atoms with van der Waals surface area (Å²) in [6.07, 6.45) is 2.82. The summed E-state index contributed by atoms with van der Waals surface area (Å²) in [6, 6.07) is 10.4. The molecule has 1 fully saturated rings. The minimum Gasteiger partial charge on any atom is -0.378 e. The first-order valence-corrected chi connectivity index (χ1v) is 11.1. The van der Waals surface area contributed by atoms with Crippen molar-refractivity contribution < 1.29 is 17.9 Å². The van der Waals surface area contributed by atoms with Gasteiger partial charge in [0.1, 0.15) is 5.82 Å². The smallest absolute Gasteiger partial charge is 0.315 e. The zero-order valence-electron chi connectivity index (χ0n) is 16.2. The Morgan fingerprint density at radius 3 is 2.62 bits per heavy atom. The molecule has 29 heavy (non-hydrogen) atoms. The molecule has 0 radical (unpaired) electrons. The number of para-hydroxylation sites is 1. The molecule has 2 aromatic rings. The number of pyridine rings is 1. The zero-order chi connectivity index (χ0) is 20.7. The molecule has 3 rings (SSSR count). The molecule has 9 nitrogen and oxygen atoms in total. The first-order chi connectivity index (χ1) is 13.9.